The van der Waals surface area contributed by atoms with Crippen molar-refractivity contribution in [1.82, 2.24) is 0 Å². The second-order valence-electron chi connectivity index (χ2n) is 6.85. The third-order valence-corrected chi connectivity index (χ3v) is 5.62. The van der Waals surface area contributed by atoms with E-state index in [-0.39, 0.29) is 22.5 Å². The molecule has 1 fully saturated rings. The summed E-state index contributed by atoms with van der Waals surface area (Å²) in [7, 11) is -3.29. The first-order valence-corrected chi connectivity index (χ1v) is 10.3. The van der Waals surface area contributed by atoms with Crippen LogP contribution >= 0.6 is 0 Å². The highest BCUT2D eigenvalue weighted by Crippen LogP contribution is 2.45. The number of amides is 1. The summed E-state index contributed by atoms with van der Waals surface area (Å²) in [5.74, 6) is 0.529. The standard InChI is InChI=1S/C19H21NO6S/c1-27(23,24)17-4-2-14(3-5-17)26-16-9-13(18(20)22)8-15(10-16)25-12-19(11-21)6-7-19/h2-5,8-10,21H,6-7,11-12H2,1H3,(H2,20,22). The van der Waals surface area contributed by atoms with E-state index in [2.05, 4.69) is 0 Å². The SMILES string of the molecule is CS(=O)(=O)c1ccc(Oc2cc(OCC3(CO)CC3)cc(C(N)=O)c2)cc1. The molecule has 1 aliphatic rings. The largest absolute Gasteiger partial charge is 0.493 e. The van der Waals surface area contributed by atoms with E-state index in [1.165, 1.54) is 36.4 Å². The maximum atomic E-state index is 11.6. The van der Waals surface area contributed by atoms with Gasteiger partial charge in [0, 0.05) is 23.3 Å². The highest BCUT2D eigenvalue weighted by atomic mass is 32.2. The predicted octanol–water partition coefficient (Wildman–Crippen LogP) is 2.13. The molecular formula is C19H21NO6S. The summed E-state index contributed by atoms with van der Waals surface area (Å²) >= 11 is 0. The molecule has 0 bridgehead atoms. The summed E-state index contributed by atoms with van der Waals surface area (Å²) < 4.78 is 34.5. The minimum absolute atomic E-state index is 0.0541. The number of rotatable bonds is 8. The van der Waals surface area contributed by atoms with Crippen molar-refractivity contribution < 1.29 is 27.8 Å². The van der Waals surface area contributed by atoms with Gasteiger partial charge >= 0.3 is 0 Å². The van der Waals surface area contributed by atoms with E-state index in [1.54, 1.807) is 6.07 Å². The number of sulfone groups is 1. The Balaban J connectivity index is 1.80. The molecule has 0 aromatic heterocycles. The number of hydrogen-bond acceptors (Lipinski definition) is 6. The minimum Gasteiger partial charge on any atom is -0.493 e. The molecule has 0 aliphatic heterocycles. The lowest BCUT2D eigenvalue weighted by Gasteiger charge is -2.15. The molecule has 1 aliphatic carbocycles. The zero-order valence-electron chi connectivity index (χ0n) is 14.8. The molecule has 2 aromatic rings. The molecule has 8 heteroatoms. The number of carbonyl (C=O) groups is 1. The number of primary amides is 1. The Hall–Kier alpha value is -2.58. The molecule has 0 saturated heterocycles. The molecule has 144 valence electrons. The molecule has 1 saturated carbocycles. The van der Waals surface area contributed by atoms with E-state index >= 15 is 0 Å². The first-order chi connectivity index (χ1) is 12.7. The van der Waals surface area contributed by atoms with Crippen LogP contribution in [-0.4, -0.2) is 38.9 Å². The van der Waals surface area contributed by atoms with E-state index in [0.29, 0.717) is 23.9 Å². The van der Waals surface area contributed by atoms with Gasteiger partial charge in [0.15, 0.2) is 9.84 Å². The highest BCUT2D eigenvalue weighted by molar-refractivity contribution is 7.90. The molecule has 0 spiro atoms. The lowest BCUT2D eigenvalue weighted by molar-refractivity contribution is 0.0999. The van der Waals surface area contributed by atoms with Crippen molar-refractivity contribution in [3.05, 3.63) is 48.0 Å². The van der Waals surface area contributed by atoms with Crippen molar-refractivity contribution >= 4 is 15.7 Å². The van der Waals surface area contributed by atoms with Crippen LogP contribution in [0, 0.1) is 5.41 Å². The maximum Gasteiger partial charge on any atom is 0.248 e. The van der Waals surface area contributed by atoms with Crippen LogP contribution in [0.4, 0.5) is 0 Å². The average Bonchev–Trinajstić information content (AvgIpc) is 3.40. The van der Waals surface area contributed by atoms with E-state index < -0.39 is 15.7 Å². The first-order valence-electron chi connectivity index (χ1n) is 8.37. The Bertz CT molecular complexity index is 949. The molecule has 2 aromatic carbocycles. The lowest BCUT2D eigenvalue weighted by atomic mass is 10.1. The monoisotopic (exact) mass is 391 g/mol. The summed E-state index contributed by atoms with van der Waals surface area (Å²) in [5.41, 5.74) is 5.40. The second-order valence-corrected chi connectivity index (χ2v) is 8.87. The van der Waals surface area contributed by atoms with Gasteiger partial charge in [-0.05, 0) is 49.2 Å². The normalized spacial score (nSPS) is 15.2. The number of nitrogens with two attached hydrogens (primary N) is 1. The van der Waals surface area contributed by atoms with Crippen LogP contribution in [0.15, 0.2) is 47.4 Å². The molecule has 3 N–H and O–H groups in total. The van der Waals surface area contributed by atoms with Crippen LogP contribution < -0.4 is 15.2 Å². The summed E-state index contributed by atoms with van der Waals surface area (Å²) in [6.45, 7) is 0.396. The maximum absolute atomic E-state index is 11.6. The lowest BCUT2D eigenvalue weighted by Crippen LogP contribution is -2.17. The number of benzene rings is 2. The van der Waals surface area contributed by atoms with Gasteiger partial charge in [-0.15, -0.1) is 0 Å². The molecule has 0 radical (unpaired) electrons. The van der Waals surface area contributed by atoms with Gasteiger partial charge in [-0.2, -0.15) is 0 Å². The van der Waals surface area contributed by atoms with Crippen molar-refractivity contribution in [1.29, 1.82) is 0 Å². The van der Waals surface area contributed by atoms with Crippen LogP contribution in [0.1, 0.15) is 23.2 Å². The van der Waals surface area contributed by atoms with Gasteiger partial charge in [0.1, 0.15) is 17.2 Å². The van der Waals surface area contributed by atoms with E-state index in [0.717, 1.165) is 19.1 Å². The Morgan fingerprint density at radius 1 is 1.11 bits per heavy atom. The number of ether oxygens (including phenoxy) is 2. The summed E-state index contributed by atoms with van der Waals surface area (Å²) in [5, 5.41) is 9.38. The van der Waals surface area contributed by atoms with Gasteiger partial charge in [0.2, 0.25) is 5.91 Å². The zero-order valence-corrected chi connectivity index (χ0v) is 15.7. The van der Waals surface area contributed by atoms with Crippen molar-refractivity contribution in [2.75, 3.05) is 19.5 Å². The molecule has 0 unspecified atom stereocenters. The average molecular weight is 391 g/mol. The highest BCUT2D eigenvalue weighted by Gasteiger charge is 2.43. The van der Waals surface area contributed by atoms with Crippen molar-refractivity contribution in [2.45, 2.75) is 17.7 Å². The van der Waals surface area contributed by atoms with Crippen LogP contribution in [0.2, 0.25) is 0 Å². The van der Waals surface area contributed by atoms with Crippen LogP contribution in [0.3, 0.4) is 0 Å². The van der Waals surface area contributed by atoms with Gasteiger partial charge in [0.25, 0.3) is 0 Å². The molecule has 3 rings (SSSR count). The fraction of sp³-hybridized carbons (Fsp3) is 0.316. The number of hydrogen-bond donors (Lipinski definition) is 2. The van der Waals surface area contributed by atoms with E-state index in [1.807, 2.05) is 0 Å². The van der Waals surface area contributed by atoms with E-state index in [4.69, 9.17) is 15.2 Å². The van der Waals surface area contributed by atoms with Crippen LogP contribution in [-0.2, 0) is 9.84 Å². The molecular weight excluding hydrogens is 370 g/mol. The minimum atomic E-state index is -3.29. The summed E-state index contributed by atoms with van der Waals surface area (Å²) in [6.07, 6.45) is 2.92. The number of carbonyl (C=O) groups excluding carboxylic acids is 1. The van der Waals surface area contributed by atoms with Gasteiger partial charge in [0.05, 0.1) is 18.1 Å². The first kappa shape index (κ1) is 19.2. The van der Waals surface area contributed by atoms with Crippen LogP contribution in [0.25, 0.3) is 0 Å². The van der Waals surface area contributed by atoms with Crippen molar-refractivity contribution in [3.8, 4) is 17.2 Å². The summed E-state index contributed by atoms with van der Waals surface area (Å²) in [6, 6.07) is 10.6. The Morgan fingerprint density at radius 2 is 1.74 bits per heavy atom. The van der Waals surface area contributed by atoms with Gasteiger partial charge in [-0.1, -0.05) is 0 Å². The fourth-order valence-corrected chi connectivity index (χ4v) is 3.14. The fourth-order valence-electron chi connectivity index (χ4n) is 2.51. The van der Waals surface area contributed by atoms with Crippen molar-refractivity contribution in [2.24, 2.45) is 11.1 Å². The number of aliphatic hydroxyl groups is 1. The molecule has 1 amide bonds. The molecule has 7 nitrogen and oxygen atoms in total. The van der Waals surface area contributed by atoms with Crippen LogP contribution in [0.5, 0.6) is 17.2 Å². The molecule has 27 heavy (non-hydrogen) atoms. The number of aliphatic hydroxyl groups excluding tert-OH is 1. The Kier molecular flexibility index (Phi) is 5.12. The second kappa shape index (κ2) is 7.21. The Morgan fingerprint density at radius 3 is 2.26 bits per heavy atom. The van der Waals surface area contributed by atoms with Gasteiger partial charge in [-0.25, -0.2) is 8.42 Å². The summed E-state index contributed by atoms with van der Waals surface area (Å²) in [4.78, 5) is 11.8. The smallest absolute Gasteiger partial charge is 0.248 e. The molecule has 0 heterocycles. The van der Waals surface area contributed by atoms with Gasteiger partial charge in [-0.3, -0.25) is 4.79 Å². The zero-order chi connectivity index (χ0) is 19.7. The Labute approximate surface area is 157 Å². The van der Waals surface area contributed by atoms with Crippen molar-refractivity contribution in [3.63, 3.8) is 0 Å². The van der Waals surface area contributed by atoms with Gasteiger partial charge < -0.3 is 20.3 Å². The quantitative estimate of drug-likeness (QED) is 0.712. The third-order valence-electron chi connectivity index (χ3n) is 4.49. The predicted molar refractivity (Wildman–Crippen MR) is 98.8 cm³/mol. The third kappa shape index (κ3) is 4.78. The topological polar surface area (TPSA) is 116 Å². The van der Waals surface area contributed by atoms with E-state index in [9.17, 15) is 18.3 Å². The molecule has 0 atom stereocenters.